The van der Waals surface area contributed by atoms with E-state index in [1.165, 1.54) is 12.1 Å². The fourth-order valence-corrected chi connectivity index (χ4v) is 1.66. The SMILES string of the molecule is O=c1[nH]c(O)c(C=Nc2ccc(Cl)cc2[N+](=O)[O-])c(=O)[nH]1. The van der Waals surface area contributed by atoms with Gasteiger partial charge in [0.1, 0.15) is 11.3 Å². The predicted octanol–water partition coefficient (Wildman–Crippen LogP) is 1.08. The largest absolute Gasteiger partial charge is 0.494 e. The van der Waals surface area contributed by atoms with Crippen LogP contribution in [0.25, 0.3) is 0 Å². The summed E-state index contributed by atoms with van der Waals surface area (Å²) in [6, 6.07) is 3.78. The van der Waals surface area contributed by atoms with Crippen molar-refractivity contribution in [3.05, 3.63) is 59.7 Å². The molecule has 9 nitrogen and oxygen atoms in total. The van der Waals surface area contributed by atoms with Gasteiger partial charge in [-0.25, -0.2) is 9.79 Å². The van der Waals surface area contributed by atoms with Crippen molar-refractivity contribution in [3.63, 3.8) is 0 Å². The van der Waals surface area contributed by atoms with Crippen molar-refractivity contribution < 1.29 is 10.0 Å². The average molecular weight is 311 g/mol. The lowest BCUT2D eigenvalue weighted by Crippen LogP contribution is -2.24. The molecule has 2 aromatic rings. The molecule has 0 bridgehead atoms. The van der Waals surface area contributed by atoms with Crippen LogP contribution in [0.5, 0.6) is 5.88 Å². The van der Waals surface area contributed by atoms with Gasteiger partial charge in [0.25, 0.3) is 11.2 Å². The number of rotatable bonds is 3. The molecule has 1 aromatic heterocycles. The summed E-state index contributed by atoms with van der Waals surface area (Å²) in [5.41, 5.74) is -2.52. The van der Waals surface area contributed by atoms with E-state index in [9.17, 15) is 24.8 Å². The smallest absolute Gasteiger partial charge is 0.328 e. The molecule has 108 valence electrons. The summed E-state index contributed by atoms with van der Waals surface area (Å²) in [4.78, 5) is 40.2. The highest BCUT2D eigenvalue weighted by Gasteiger charge is 2.14. The maximum absolute atomic E-state index is 11.5. The van der Waals surface area contributed by atoms with Crippen molar-refractivity contribution in [3.8, 4) is 5.88 Å². The summed E-state index contributed by atoms with van der Waals surface area (Å²) >= 11 is 5.65. The van der Waals surface area contributed by atoms with Gasteiger partial charge in [0.15, 0.2) is 0 Å². The Labute approximate surface area is 120 Å². The van der Waals surface area contributed by atoms with Crippen LogP contribution < -0.4 is 11.2 Å². The molecule has 0 saturated heterocycles. The van der Waals surface area contributed by atoms with Gasteiger partial charge in [0, 0.05) is 17.3 Å². The first-order valence-electron chi connectivity index (χ1n) is 5.42. The molecule has 10 heteroatoms. The monoisotopic (exact) mass is 310 g/mol. The molecule has 0 aliphatic heterocycles. The van der Waals surface area contributed by atoms with Gasteiger partial charge in [-0.3, -0.25) is 24.9 Å². The van der Waals surface area contributed by atoms with Gasteiger partial charge >= 0.3 is 5.69 Å². The van der Waals surface area contributed by atoms with Crippen LogP contribution >= 0.6 is 11.6 Å². The Balaban J connectivity index is 2.50. The second-order valence-corrected chi connectivity index (χ2v) is 4.26. The number of nitro benzene ring substituents is 1. The highest BCUT2D eigenvalue weighted by atomic mass is 35.5. The Hall–Kier alpha value is -2.94. The average Bonchev–Trinajstić information content (AvgIpc) is 2.38. The van der Waals surface area contributed by atoms with Crippen molar-refractivity contribution in [1.82, 2.24) is 9.97 Å². The van der Waals surface area contributed by atoms with Crippen LogP contribution in [0.2, 0.25) is 5.02 Å². The van der Waals surface area contributed by atoms with Gasteiger partial charge in [-0.15, -0.1) is 0 Å². The molecule has 0 aliphatic carbocycles. The molecule has 3 N–H and O–H groups in total. The highest BCUT2D eigenvalue weighted by Crippen LogP contribution is 2.30. The number of benzene rings is 1. The Morgan fingerprint density at radius 2 is 2.05 bits per heavy atom. The third-order valence-electron chi connectivity index (χ3n) is 2.43. The summed E-state index contributed by atoms with van der Waals surface area (Å²) < 4.78 is 0. The van der Waals surface area contributed by atoms with E-state index in [1.807, 2.05) is 9.97 Å². The van der Waals surface area contributed by atoms with Gasteiger partial charge < -0.3 is 5.11 Å². The van der Waals surface area contributed by atoms with Crippen LogP contribution in [0.4, 0.5) is 11.4 Å². The van der Waals surface area contributed by atoms with Gasteiger partial charge in [-0.1, -0.05) is 11.6 Å². The van der Waals surface area contributed by atoms with Gasteiger partial charge in [0.2, 0.25) is 5.88 Å². The number of aliphatic imine (C=N–C) groups is 1. The zero-order chi connectivity index (χ0) is 15.6. The highest BCUT2D eigenvalue weighted by molar-refractivity contribution is 6.30. The van der Waals surface area contributed by atoms with E-state index in [0.29, 0.717) is 0 Å². The number of nitrogens with zero attached hydrogens (tertiary/aromatic N) is 2. The molecular weight excluding hydrogens is 304 g/mol. The third-order valence-corrected chi connectivity index (χ3v) is 2.66. The molecular formula is C11H7ClN4O5. The number of aromatic hydroxyl groups is 1. The number of hydrogen-bond acceptors (Lipinski definition) is 6. The van der Waals surface area contributed by atoms with Crippen LogP contribution in [-0.4, -0.2) is 26.2 Å². The molecule has 21 heavy (non-hydrogen) atoms. The van der Waals surface area contributed by atoms with Crippen molar-refractivity contribution in [2.75, 3.05) is 0 Å². The molecule has 1 heterocycles. The fraction of sp³-hybridized carbons (Fsp3) is 0. The number of aromatic amines is 2. The molecule has 0 atom stereocenters. The van der Waals surface area contributed by atoms with Crippen molar-refractivity contribution in [1.29, 1.82) is 0 Å². The Bertz CT molecular complexity index is 854. The zero-order valence-corrected chi connectivity index (χ0v) is 10.9. The minimum atomic E-state index is -0.882. The first-order valence-corrected chi connectivity index (χ1v) is 5.80. The Morgan fingerprint density at radius 3 is 2.67 bits per heavy atom. The molecule has 0 fully saturated rings. The Morgan fingerprint density at radius 1 is 1.33 bits per heavy atom. The standard InChI is InChI=1S/C11H7ClN4O5/c12-5-1-2-7(8(3-5)16(20)21)13-4-6-9(17)14-11(19)15-10(6)18/h1-4H,(H3,14,15,17,18,19). The van der Waals surface area contributed by atoms with Crippen molar-refractivity contribution >= 4 is 29.2 Å². The molecule has 0 radical (unpaired) electrons. The number of aromatic nitrogens is 2. The first kappa shape index (κ1) is 14.5. The van der Waals surface area contributed by atoms with Crippen LogP contribution in [-0.2, 0) is 0 Å². The number of hydrogen-bond donors (Lipinski definition) is 3. The maximum Gasteiger partial charge on any atom is 0.328 e. The van der Waals surface area contributed by atoms with Crippen LogP contribution in [0.15, 0.2) is 32.8 Å². The molecule has 0 unspecified atom stereocenters. The van der Waals surface area contributed by atoms with E-state index in [1.54, 1.807) is 0 Å². The van der Waals surface area contributed by atoms with E-state index in [4.69, 9.17) is 11.6 Å². The second kappa shape index (κ2) is 5.59. The minimum absolute atomic E-state index is 0.0607. The summed E-state index contributed by atoms with van der Waals surface area (Å²) in [6.07, 6.45) is 0.903. The number of H-pyrrole nitrogens is 2. The summed E-state index contributed by atoms with van der Waals surface area (Å²) in [5.74, 6) is -0.691. The predicted molar refractivity (Wildman–Crippen MR) is 74.7 cm³/mol. The fourth-order valence-electron chi connectivity index (χ4n) is 1.49. The minimum Gasteiger partial charge on any atom is -0.494 e. The molecule has 2 rings (SSSR count). The van der Waals surface area contributed by atoms with Crippen LogP contribution in [0.1, 0.15) is 5.56 Å². The molecule has 0 saturated carbocycles. The van der Waals surface area contributed by atoms with Crippen molar-refractivity contribution in [2.45, 2.75) is 0 Å². The molecule has 1 aromatic carbocycles. The lowest BCUT2D eigenvalue weighted by Gasteiger charge is -1.99. The van der Waals surface area contributed by atoms with Crippen LogP contribution in [0.3, 0.4) is 0 Å². The molecule has 0 aliphatic rings. The van der Waals surface area contributed by atoms with Crippen LogP contribution in [0, 0.1) is 10.1 Å². The third kappa shape index (κ3) is 3.15. The maximum atomic E-state index is 11.5. The molecule has 0 spiro atoms. The summed E-state index contributed by atoms with van der Waals surface area (Å²) in [6.45, 7) is 0. The number of halogens is 1. The summed E-state index contributed by atoms with van der Waals surface area (Å²) in [5, 5.41) is 20.5. The quantitative estimate of drug-likeness (QED) is 0.442. The number of nitrogens with one attached hydrogen (secondary N) is 2. The summed E-state index contributed by atoms with van der Waals surface area (Å²) in [7, 11) is 0. The molecule has 0 amide bonds. The van der Waals surface area contributed by atoms with E-state index in [2.05, 4.69) is 4.99 Å². The second-order valence-electron chi connectivity index (χ2n) is 3.82. The normalized spacial score (nSPS) is 10.9. The topological polar surface area (TPSA) is 141 Å². The van der Waals surface area contributed by atoms with Crippen molar-refractivity contribution in [2.24, 2.45) is 4.99 Å². The Kier molecular flexibility index (Phi) is 3.85. The lowest BCUT2D eigenvalue weighted by atomic mass is 10.2. The van der Waals surface area contributed by atoms with Gasteiger partial charge in [0.05, 0.1) is 4.92 Å². The van der Waals surface area contributed by atoms with E-state index in [0.717, 1.165) is 12.3 Å². The van der Waals surface area contributed by atoms with E-state index >= 15 is 0 Å². The van der Waals surface area contributed by atoms with E-state index < -0.39 is 22.1 Å². The van der Waals surface area contributed by atoms with E-state index in [-0.39, 0.29) is 22.0 Å². The van der Waals surface area contributed by atoms with Gasteiger partial charge in [-0.2, -0.15) is 0 Å². The lowest BCUT2D eigenvalue weighted by molar-refractivity contribution is -0.384. The number of nitro groups is 1. The van der Waals surface area contributed by atoms with Gasteiger partial charge in [-0.05, 0) is 12.1 Å². The zero-order valence-electron chi connectivity index (χ0n) is 10.2. The first-order chi connectivity index (χ1) is 9.88.